The molecule has 4 rings (SSSR count). The van der Waals surface area contributed by atoms with E-state index in [1.807, 2.05) is 0 Å². The Balaban J connectivity index is 1.79. The third-order valence-corrected chi connectivity index (χ3v) is 11.8. The van der Waals surface area contributed by atoms with E-state index in [0.29, 0.717) is 17.3 Å². The Morgan fingerprint density at radius 2 is 1.71 bits per heavy atom. The zero-order valence-electron chi connectivity index (χ0n) is 20.6. The number of quaternary nitrogens is 1. The standard InChI is InChI=1S/C26H44NO3P/c1-17(2)27(16-28,18(3)4)23-15-26(6)19(14-24(23)31(29)30)9-10-20-21-8-7-12-25(21,5)13-11-22(20)26/h16-22,31H,7-15H2,1-6H3/p+1/t19-,20-,21-,22-,25-,26-/m0/s1. The number of carbonyl (C=O) groups excluding carboxylic acids is 1. The van der Waals surface area contributed by atoms with Gasteiger partial charge in [0.1, 0.15) is 5.70 Å². The highest BCUT2D eigenvalue weighted by Crippen LogP contribution is 2.68. The topological polar surface area (TPSA) is 54.4 Å². The normalized spacial score (nSPS) is 41.7. The molecule has 31 heavy (non-hydrogen) atoms. The quantitative estimate of drug-likeness (QED) is 0.296. The van der Waals surface area contributed by atoms with Gasteiger partial charge in [-0.15, -0.1) is 0 Å². The second-order valence-corrected chi connectivity index (χ2v) is 13.7. The molecule has 4 aliphatic rings. The van der Waals surface area contributed by atoms with Crippen LogP contribution in [0.25, 0.3) is 0 Å². The Hall–Kier alpha value is -0.440. The van der Waals surface area contributed by atoms with Gasteiger partial charge in [-0.25, -0.2) is 9.28 Å². The van der Waals surface area contributed by atoms with Gasteiger partial charge in [0.2, 0.25) is 8.03 Å². The minimum atomic E-state index is -2.81. The molecule has 0 spiro atoms. The summed E-state index contributed by atoms with van der Waals surface area (Å²) in [7, 11) is -2.81. The number of hydrogen-bond donors (Lipinski definition) is 1. The van der Waals surface area contributed by atoms with Crippen LogP contribution in [-0.2, 0) is 9.36 Å². The van der Waals surface area contributed by atoms with E-state index in [0.717, 1.165) is 42.1 Å². The van der Waals surface area contributed by atoms with Crippen LogP contribution in [0.3, 0.4) is 0 Å². The summed E-state index contributed by atoms with van der Waals surface area (Å²) in [5.74, 6) is 2.82. The molecule has 1 amide bonds. The van der Waals surface area contributed by atoms with Crippen LogP contribution in [0, 0.1) is 34.5 Å². The molecule has 0 aromatic rings. The Morgan fingerprint density at radius 1 is 1.03 bits per heavy atom. The predicted octanol–water partition coefficient (Wildman–Crippen LogP) is 6.50. The molecule has 0 aromatic carbocycles. The summed E-state index contributed by atoms with van der Waals surface area (Å²) in [6, 6.07) is 0.126. The third-order valence-electron chi connectivity index (χ3n) is 10.8. The number of allylic oxidation sites excluding steroid dienone is 2. The first-order valence-corrected chi connectivity index (χ1v) is 14.2. The zero-order valence-corrected chi connectivity index (χ0v) is 21.6. The highest BCUT2D eigenvalue weighted by molar-refractivity contribution is 7.43. The first-order chi connectivity index (χ1) is 14.5. The average molecular weight is 451 g/mol. The molecule has 176 valence electrons. The Labute approximate surface area is 190 Å². The van der Waals surface area contributed by atoms with Gasteiger partial charge in [-0.05, 0) is 107 Å². The van der Waals surface area contributed by atoms with E-state index in [2.05, 4.69) is 41.5 Å². The number of fused-ring (bicyclic) bond motifs is 5. The summed E-state index contributed by atoms with van der Waals surface area (Å²) in [6.45, 7) is 13.4. The van der Waals surface area contributed by atoms with Crippen molar-refractivity contribution < 1.29 is 18.7 Å². The van der Waals surface area contributed by atoms with Crippen LogP contribution in [-0.4, -0.2) is 27.9 Å². The molecule has 0 aromatic heterocycles. The fraction of sp³-hybridized carbons (Fsp3) is 0.885. The minimum absolute atomic E-state index is 0.0628. The van der Waals surface area contributed by atoms with E-state index in [1.165, 1.54) is 44.9 Å². The van der Waals surface area contributed by atoms with E-state index < -0.39 is 8.03 Å². The summed E-state index contributed by atoms with van der Waals surface area (Å²) < 4.78 is 12.8. The summed E-state index contributed by atoms with van der Waals surface area (Å²) in [5, 5.41) is 0.724. The van der Waals surface area contributed by atoms with E-state index in [4.69, 9.17) is 0 Å². The summed E-state index contributed by atoms with van der Waals surface area (Å²) in [4.78, 5) is 23.1. The maximum absolute atomic E-state index is 12.7. The van der Waals surface area contributed by atoms with Crippen LogP contribution < -0.4 is 0 Å². The average Bonchev–Trinajstić information content (AvgIpc) is 3.09. The molecule has 1 N–H and O–H groups in total. The largest absolute Gasteiger partial charge is 0.343 e. The molecule has 0 bridgehead atoms. The van der Waals surface area contributed by atoms with Crippen molar-refractivity contribution >= 4 is 14.4 Å². The van der Waals surface area contributed by atoms with Crippen LogP contribution in [0.1, 0.15) is 99.3 Å². The Morgan fingerprint density at radius 3 is 2.29 bits per heavy atom. The summed E-state index contributed by atoms with van der Waals surface area (Å²) in [5.41, 5.74) is 1.67. The molecule has 0 heterocycles. The van der Waals surface area contributed by atoms with Gasteiger partial charge < -0.3 is 4.89 Å². The Kier molecular flexibility index (Phi) is 6.19. The molecule has 7 atom stereocenters. The van der Waals surface area contributed by atoms with Crippen LogP contribution in [0.4, 0.5) is 0 Å². The second-order valence-electron chi connectivity index (χ2n) is 12.5. The summed E-state index contributed by atoms with van der Waals surface area (Å²) in [6.07, 6.45) is 11.9. The lowest BCUT2D eigenvalue weighted by Gasteiger charge is -2.60. The van der Waals surface area contributed by atoms with Crippen molar-refractivity contribution in [1.29, 1.82) is 0 Å². The lowest BCUT2D eigenvalue weighted by atomic mass is 9.45. The molecule has 0 radical (unpaired) electrons. The van der Waals surface area contributed by atoms with Gasteiger partial charge in [0.05, 0.1) is 17.4 Å². The number of amides is 1. The minimum Gasteiger partial charge on any atom is -0.343 e. The smallest absolute Gasteiger partial charge is 0.306 e. The monoisotopic (exact) mass is 450 g/mol. The van der Waals surface area contributed by atoms with Crippen LogP contribution in [0.15, 0.2) is 11.0 Å². The number of nitrogens with zero attached hydrogens (tertiary/aromatic N) is 1. The van der Waals surface area contributed by atoms with Gasteiger partial charge in [0.25, 0.3) is 0 Å². The number of rotatable bonds is 5. The van der Waals surface area contributed by atoms with Gasteiger partial charge in [-0.1, -0.05) is 20.3 Å². The first kappa shape index (κ1) is 23.7. The van der Waals surface area contributed by atoms with Crippen molar-refractivity contribution in [1.82, 2.24) is 0 Å². The fourth-order valence-electron chi connectivity index (χ4n) is 9.08. The Bertz CT molecular complexity index is 782. The van der Waals surface area contributed by atoms with Crippen LogP contribution in [0.2, 0.25) is 0 Å². The third kappa shape index (κ3) is 3.38. The van der Waals surface area contributed by atoms with Gasteiger partial charge >= 0.3 is 6.41 Å². The first-order valence-electron chi connectivity index (χ1n) is 12.8. The van der Waals surface area contributed by atoms with E-state index in [-0.39, 0.29) is 22.0 Å². The lowest BCUT2D eigenvalue weighted by molar-refractivity contribution is -0.854. The van der Waals surface area contributed by atoms with Crippen LogP contribution in [0.5, 0.6) is 0 Å². The molecule has 4 aliphatic carbocycles. The van der Waals surface area contributed by atoms with Gasteiger partial charge in [-0.2, -0.15) is 0 Å². The van der Waals surface area contributed by atoms with Crippen molar-refractivity contribution in [2.75, 3.05) is 0 Å². The SMILES string of the molecule is CC(C)[N+](C=O)(C1=C([PH](=O)O)C[C@@H]2CC[C@H]3[C@@H]4CCC[C@@]4(C)CC[C@@H]3[C@@]2(C)C1)C(C)C. The fourth-order valence-corrected chi connectivity index (χ4v) is 10.0. The molecule has 0 aliphatic heterocycles. The maximum Gasteiger partial charge on any atom is 0.306 e. The molecule has 1 unspecified atom stereocenters. The highest BCUT2D eigenvalue weighted by Gasteiger charge is 2.60. The van der Waals surface area contributed by atoms with Gasteiger partial charge in [0, 0.05) is 6.42 Å². The van der Waals surface area contributed by atoms with E-state index in [9.17, 15) is 14.3 Å². The maximum atomic E-state index is 12.7. The van der Waals surface area contributed by atoms with E-state index in [1.54, 1.807) is 0 Å². The van der Waals surface area contributed by atoms with Crippen molar-refractivity contribution in [2.45, 2.75) is 111 Å². The van der Waals surface area contributed by atoms with Crippen molar-refractivity contribution in [3.8, 4) is 0 Å². The molecular formula is C26H45NO3P+. The molecule has 3 saturated carbocycles. The second kappa shape index (κ2) is 8.10. The lowest BCUT2D eigenvalue weighted by Crippen LogP contribution is -2.60. The van der Waals surface area contributed by atoms with E-state index >= 15 is 0 Å². The van der Waals surface area contributed by atoms with Crippen molar-refractivity contribution in [3.63, 3.8) is 0 Å². The number of hydrogen-bond acceptors (Lipinski definition) is 2. The molecule has 3 fully saturated rings. The van der Waals surface area contributed by atoms with Crippen molar-refractivity contribution in [3.05, 3.63) is 11.0 Å². The highest BCUT2D eigenvalue weighted by atomic mass is 31.1. The van der Waals surface area contributed by atoms with Gasteiger partial charge in [-0.3, -0.25) is 4.57 Å². The molecule has 0 saturated heterocycles. The summed E-state index contributed by atoms with van der Waals surface area (Å²) >= 11 is 0. The molecule has 4 nitrogen and oxygen atoms in total. The van der Waals surface area contributed by atoms with Gasteiger partial charge in [0.15, 0.2) is 0 Å². The number of carbonyl (C=O) groups is 1. The zero-order chi connectivity index (χ0) is 22.8. The predicted molar refractivity (Wildman–Crippen MR) is 127 cm³/mol. The molecule has 5 heteroatoms. The molecular weight excluding hydrogens is 405 g/mol. The van der Waals surface area contributed by atoms with Crippen molar-refractivity contribution in [2.24, 2.45) is 34.5 Å². The van der Waals surface area contributed by atoms with Crippen LogP contribution >= 0.6 is 8.03 Å².